The van der Waals surface area contributed by atoms with Gasteiger partial charge >= 0.3 is 6.61 Å². The van der Waals surface area contributed by atoms with Crippen molar-refractivity contribution >= 4 is 23.2 Å². The van der Waals surface area contributed by atoms with E-state index in [1.54, 1.807) is 16.3 Å². The zero-order chi connectivity index (χ0) is 21.8. The maximum absolute atomic E-state index is 12.8. The number of para-hydroxylation sites is 1. The van der Waals surface area contributed by atoms with E-state index in [0.717, 1.165) is 10.6 Å². The Kier molecular flexibility index (Phi) is 6.22. The lowest BCUT2D eigenvalue weighted by Crippen LogP contribution is -2.50. The van der Waals surface area contributed by atoms with Crippen LogP contribution in [0.2, 0.25) is 0 Å². The first-order valence-corrected chi connectivity index (χ1v) is 10.5. The zero-order valence-corrected chi connectivity index (χ0v) is 17.2. The number of aromatic nitrogens is 1. The maximum Gasteiger partial charge on any atom is 0.387 e. The first-order valence-electron chi connectivity index (χ1n) is 9.66. The molecule has 0 aliphatic carbocycles. The topological polar surface area (TPSA) is 62.7 Å². The highest BCUT2D eigenvalue weighted by molar-refractivity contribution is 7.13. The van der Waals surface area contributed by atoms with Gasteiger partial charge in [0.2, 0.25) is 0 Å². The van der Waals surface area contributed by atoms with Gasteiger partial charge in [0.15, 0.2) is 0 Å². The number of hydrogen-bond donors (Lipinski definition) is 0. The third kappa shape index (κ3) is 4.72. The first-order chi connectivity index (χ1) is 15.0. The molecule has 0 atom stereocenters. The van der Waals surface area contributed by atoms with Gasteiger partial charge in [-0.05, 0) is 12.1 Å². The van der Waals surface area contributed by atoms with Crippen molar-refractivity contribution in [1.29, 1.82) is 0 Å². The van der Waals surface area contributed by atoms with Gasteiger partial charge in [-0.1, -0.05) is 42.5 Å². The Bertz CT molecular complexity index is 1070. The third-order valence-corrected chi connectivity index (χ3v) is 5.82. The fourth-order valence-electron chi connectivity index (χ4n) is 3.37. The van der Waals surface area contributed by atoms with Gasteiger partial charge in [-0.2, -0.15) is 8.78 Å². The van der Waals surface area contributed by atoms with Crippen LogP contribution in [0.5, 0.6) is 5.75 Å². The number of nitrogens with zero attached hydrogens (tertiary/aromatic N) is 3. The molecule has 1 aliphatic heterocycles. The number of rotatable bonds is 5. The lowest BCUT2D eigenvalue weighted by molar-refractivity contribution is -0.0503. The van der Waals surface area contributed by atoms with Gasteiger partial charge in [0.05, 0.1) is 5.56 Å². The standard InChI is InChI=1S/C22H19F2N3O3S/c23-22(24)30-18-9-5-4-8-16(18)20(28)26-10-12-27(13-11-26)21(29)17-14-31-19(25-17)15-6-2-1-3-7-15/h1-9,14,22H,10-13H2. The molecular formula is C22H19F2N3O3S. The molecule has 2 aromatic carbocycles. The van der Waals surface area contributed by atoms with Crippen molar-refractivity contribution in [2.45, 2.75) is 6.61 Å². The smallest absolute Gasteiger partial charge is 0.387 e. The van der Waals surface area contributed by atoms with Crippen LogP contribution in [0, 0.1) is 0 Å². The lowest BCUT2D eigenvalue weighted by Gasteiger charge is -2.34. The Morgan fingerprint density at radius 1 is 0.903 bits per heavy atom. The maximum atomic E-state index is 12.8. The molecule has 1 saturated heterocycles. The number of amides is 2. The summed E-state index contributed by atoms with van der Waals surface area (Å²) in [6.45, 7) is -1.75. The molecule has 0 saturated carbocycles. The molecule has 9 heteroatoms. The highest BCUT2D eigenvalue weighted by Gasteiger charge is 2.28. The number of carbonyl (C=O) groups is 2. The van der Waals surface area contributed by atoms with E-state index in [0.29, 0.717) is 31.9 Å². The zero-order valence-electron chi connectivity index (χ0n) is 16.4. The molecule has 31 heavy (non-hydrogen) atoms. The van der Waals surface area contributed by atoms with Gasteiger partial charge in [-0.25, -0.2) is 4.98 Å². The van der Waals surface area contributed by atoms with E-state index in [4.69, 9.17) is 0 Å². The van der Waals surface area contributed by atoms with Gasteiger partial charge in [-0.3, -0.25) is 9.59 Å². The average Bonchev–Trinajstić information content (AvgIpc) is 3.29. The first kappa shape index (κ1) is 20.9. The summed E-state index contributed by atoms with van der Waals surface area (Å²) in [6, 6.07) is 15.5. The molecule has 2 heterocycles. The van der Waals surface area contributed by atoms with E-state index in [2.05, 4.69) is 9.72 Å². The van der Waals surface area contributed by atoms with Crippen LogP contribution >= 0.6 is 11.3 Å². The van der Waals surface area contributed by atoms with Crippen LogP contribution in [0.3, 0.4) is 0 Å². The van der Waals surface area contributed by atoms with Gasteiger partial charge in [0, 0.05) is 37.1 Å². The third-order valence-electron chi connectivity index (χ3n) is 4.93. The number of benzene rings is 2. The molecule has 4 rings (SSSR count). The van der Waals surface area contributed by atoms with Crippen molar-refractivity contribution in [3.63, 3.8) is 0 Å². The SMILES string of the molecule is O=C(c1csc(-c2ccccc2)n1)N1CCN(C(=O)c2ccccc2OC(F)F)CC1. The van der Waals surface area contributed by atoms with Gasteiger partial charge in [0.25, 0.3) is 11.8 Å². The van der Waals surface area contributed by atoms with Gasteiger partial charge in [-0.15, -0.1) is 11.3 Å². The minimum absolute atomic E-state index is 0.0783. The van der Waals surface area contributed by atoms with E-state index in [1.807, 2.05) is 30.3 Å². The largest absolute Gasteiger partial charge is 0.434 e. The fourth-order valence-corrected chi connectivity index (χ4v) is 4.17. The normalized spacial score (nSPS) is 14.0. The van der Waals surface area contributed by atoms with E-state index >= 15 is 0 Å². The van der Waals surface area contributed by atoms with Crippen LogP contribution in [0.1, 0.15) is 20.8 Å². The molecule has 1 aliphatic rings. The second-order valence-corrected chi connectivity index (χ2v) is 7.72. The molecule has 0 N–H and O–H groups in total. The van der Waals surface area contributed by atoms with Gasteiger partial charge in [0.1, 0.15) is 16.5 Å². The average molecular weight is 443 g/mol. The number of alkyl halides is 2. The summed E-state index contributed by atoms with van der Waals surface area (Å²) in [6.07, 6.45) is 0. The van der Waals surface area contributed by atoms with E-state index < -0.39 is 12.5 Å². The monoisotopic (exact) mass is 443 g/mol. The predicted molar refractivity (Wildman–Crippen MR) is 112 cm³/mol. The molecule has 1 aromatic heterocycles. The van der Waals surface area contributed by atoms with Crippen LogP contribution in [0.15, 0.2) is 60.0 Å². The summed E-state index contributed by atoms with van der Waals surface area (Å²) in [7, 11) is 0. The molecule has 0 bridgehead atoms. The van der Waals surface area contributed by atoms with Crippen LogP contribution in [-0.4, -0.2) is 59.4 Å². The summed E-state index contributed by atoms with van der Waals surface area (Å²) in [5.41, 5.74) is 1.40. The molecule has 0 unspecified atom stereocenters. The number of thiazole rings is 1. The molecule has 0 spiro atoms. The molecule has 1 fully saturated rings. The molecule has 2 amide bonds. The van der Waals surface area contributed by atoms with E-state index in [9.17, 15) is 18.4 Å². The molecule has 3 aromatic rings. The summed E-state index contributed by atoms with van der Waals surface area (Å²) in [5.74, 6) is -0.743. The van der Waals surface area contributed by atoms with Crippen molar-refractivity contribution in [1.82, 2.24) is 14.8 Å². The van der Waals surface area contributed by atoms with Gasteiger partial charge < -0.3 is 14.5 Å². The van der Waals surface area contributed by atoms with Crippen LogP contribution in [0.4, 0.5) is 8.78 Å². The lowest BCUT2D eigenvalue weighted by atomic mass is 10.1. The van der Waals surface area contributed by atoms with Crippen molar-refractivity contribution in [2.24, 2.45) is 0 Å². The summed E-state index contributed by atoms with van der Waals surface area (Å²) < 4.78 is 29.7. The number of halogens is 2. The second-order valence-electron chi connectivity index (χ2n) is 6.86. The quantitative estimate of drug-likeness (QED) is 0.598. The van der Waals surface area contributed by atoms with E-state index in [1.165, 1.54) is 34.4 Å². The Hall–Kier alpha value is -3.33. The van der Waals surface area contributed by atoms with E-state index in [-0.39, 0.29) is 17.2 Å². The molecular weight excluding hydrogens is 424 g/mol. The van der Waals surface area contributed by atoms with Crippen LogP contribution in [0.25, 0.3) is 10.6 Å². The van der Waals surface area contributed by atoms with Crippen molar-refractivity contribution in [3.8, 4) is 16.3 Å². The van der Waals surface area contributed by atoms with Crippen molar-refractivity contribution in [2.75, 3.05) is 26.2 Å². The number of hydrogen-bond acceptors (Lipinski definition) is 5. The summed E-state index contributed by atoms with van der Waals surface area (Å²) >= 11 is 1.41. The van der Waals surface area contributed by atoms with Crippen molar-refractivity contribution < 1.29 is 23.1 Å². The minimum atomic E-state index is -3.01. The Morgan fingerprint density at radius 3 is 2.19 bits per heavy atom. The highest BCUT2D eigenvalue weighted by Crippen LogP contribution is 2.25. The van der Waals surface area contributed by atoms with Crippen LogP contribution in [-0.2, 0) is 0 Å². The fraction of sp³-hybridized carbons (Fsp3) is 0.227. The second kappa shape index (κ2) is 9.22. The van der Waals surface area contributed by atoms with Crippen molar-refractivity contribution in [3.05, 3.63) is 71.2 Å². The highest BCUT2D eigenvalue weighted by atomic mass is 32.1. The number of piperazine rings is 1. The minimum Gasteiger partial charge on any atom is -0.434 e. The summed E-state index contributed by atoms with van der Waals surface area (Å²) in [4.78, 5) is 33.3. The predicted octanol–water partition coefficient (Wildman–Crippen LogP) is 4.01. The number of ether oxygens (including phenoxy) is 1. The Morgan fingerprint density at radius 2 is 1.52 bits per heavy atom. The number of carbonyl (C=O) groups excluding carboxylic acids is 2. The molecule has 160 valence electrons. The molecule has 6 nitrogen and oxygen atoms in total. The van der Waals surface area contributed by atoms with Crippen LogP contribution < -0.4 is 4.74 Å². The Balaban J connectivity index is 1.39. The Labute approximate surface area is 181 Å². The molecule has 0 radical (unpaired) electrons. The summed E-state index contributed by atoms with van der Waals surface area (Å²) in [5, 5.41) is 2.51.